The first-order valence-electron chi connectivity index (χ1n) is 10.1. The van der Waals surface area contributed by atoms with Crippen LogP contribution in [0, 0.1) is 5.92 Å². The smallest absolute Gasteiger partial charge is 0.322 e. The van der Waals surface area contributed by atoms with Crippen molar-refractivity contribution in [1.82, 2.24) is 14.7 Å². The van der Waals surface area contributed by atoms with E-state index in [1.165, 1.54) is 0 Å². The summed E-state index contributed by atoms with van der Waals surface area (Å²) >= 11 is 0. The third-order valence-electron chi connectivity index (χ3n) is 5.52. The molecule has 4 rings (SSSR count). The fourth-order valence-electron chi connectivity index (χ4n) is 3.67. The summed E-state index contributed by atoms with van der Waals surface area (Å²) in [5, 5.41) is 7.79. The van der Waals surface area contributed by atoms with Crippen molar-refractivity contribution in [2.75, 3.05) is 24.1 Å². The second kappa shape index (κ2) is 8.39. The highest BCUT2D eigenvalue weighted by Gasteiger charge is 2.24. The Morgan fingerprint density at radius 1 is 1.07 bits per heavy atom. The number of nitrogens with two attached hydrogens (primary N) is 1. The van der Waals surface area contributed by atoms with Gasteiger partial charge in [-0.3, -0.25) is 0 Å². The standard InChI is InChI=1S/C23H27N5O/c1-17-12-14-27(15-13-17)23(29)25-21-20(19-10-6-3-7-11-19)26-28(22(21)24)16-18-8-4-2-5-9-18/h2-11,17H,12-16,24H2,1H3,(H,25,29). The van der Waals surface area contributed by atoms with Crippen molar-refractivity contribution < 1.29 is 4.79 Å². The average molecular weight is 390 g/mol. The number of rotatable bonds is 4. The van der Waals surface area contributed by atoms with Gasteiger partial charge in [-0.25, -0.2) is 9.48 Å². The van der Waals surface area contributed by atoms with Gasteiger partial charge < -0.3 is 16.0 Å². The van der Waals surface area contributed by atoms with Gasteiger partial charge in [-0.2, -0.15) is 5.10 Å². The van der Waals surface area contributed by atoms with Crippen LogP contribution in [-0.4, -0.2) is 33.8 Å². The number of amides is 2. The van der Waals surface area contributed by atoms with Crippen molar-refractivity contribution in [2.45, 2.75) is 26.3 Å². The van der Waals surface area contributed by atoms with Crippen LogP contribution in [0.25, 0.3) is 11.3 Å². The number of hydrogen-bond donors (Lipinski definition) is 2. The Morgan fingerprint density at radius 3 is 2.34 bits per heavy atom. The Labute approximate surface area is 171 Å². The van der Waals surface area contributed by atoms with E-state index in [0.29, 0.717) is 29.7 Å². The molecule has 0 saturated carbocycles. The van der Waals surface area contributed by atoms with E-state index in [-0.39, 0.29) is 6.03 Å². The van der Waals surface area contributed by atoms with Gasteiger partial charge in [-0.05, 0) is 24.3 Å². The Hall–Kier alpha value is -3.28. The predicted molar refractivity (Wildman–Crippen MR) is 117 cm³/mol. The molecule has 1 aliphatic rings. The number of urea groups is 1. The number of nitrogens with zero attached hydrogens (tertiary/aromatic N) is 3. The van der Waals surface area contributed by atoms with Crippen molar-refractivity contribution >= 4 is 17.5 Å². The number of anilines is 2. The van der Waals surface area contributed by atoms with E-state index < -0.39 is 0 Å². The van der Waals surface area contributed by atoms with Crippen LogP contribution in [0.2, 0.25) is 0 Å². The van der Waals surface area contributed by atoms with Gasteiger partial charge in [0.1, 0.15) is 17.2 Å². The van der Waals surface area contributed by atoms with E-state index in [1.54, 1.807) is 4.68 Å². The number of likely N-dealkylation sites (tertiary alicyclic amines) is 1. The van der Waals surface area contributed by atoms with Crippen LogP contribution in [0.4, 0.5) is 16.3 Å². The van der Waals surface area contributed by atoms with Crippen molar-refractivity contribution in [2.24, 2.45) is 5.92 Å². The molecule has 0 atom stereocenters. The number of benzene rings is 2. The minimum Gasteiger partial charge on any atom is -0.382 e. The van der Waals surface area contributed by atoms with Gasteiger partial charge in [0, 0.05) is 18.7 Å². The van der Waals surface area contributed by atoms with Crippen LogP contribution >= 0.6 is 0 Å². The van der Waals surface area contributed by atoms with Crippen LogP contribution < -0.4 is 11.1 Å². The molecule has 6 heteroatoms. The van der Waals surface area contributed by atoms with Crippen LogP contribution in [-0.2, 0) is 6.54 Å². The molecule has 1 fully saturated rings. The van der Waals surface area contributed by atoms with E-state index in [4.69, 9.17) is 10.8 Å². The van der Waals surface area contributed by atoms with Gasteiger partial charge in [-0.1, -0.05) is 67.6 Å². The van der Waals surface area contributed by atoms with Crippen molar-refractivity contribution in [3.8, 4) is 11.3 Å². The molecule has 0 bridgehead atoms. The monoisotopic (exact) mass is 389 g/mol. The largest absolute Gasteiger partial charge is 0.382 e. The third kappa shape index (κ3) is 4.26. The number of hydrogen-bond acceptors (Lipinski definition) is 3. The van der Waals surface area contributed by atoms with E-state index in [1.807, 2.05) is 65.6 Å². The molecule has 2 amide bonds. The first kappa shape index (κ1) is 19.1. The van der Waals surface area contributed by atoms with Gasteiger partial charge in [0.2, 0.25) is 0 Å². The van der Waals surface area contributed by atoms with Gasteiger partial charge in [-0.15, -0.1) is 0 Å². The molecular weight excluding hydrogens is 362 g/mol. The molecular formula is C23H27N5O. The number of carbonyl (C=O) groups excluding carboxylic acids is 1. The molecule has 1 aliphatic heterocycles. The second-order valence-corrected chi connectivity index (χ2v) is 7.72. The van der Waals surface area contributed by atoms with Gasteiger partial charge in [0.05, 0.1) is 6.54 Å². The minimum atomic E-state index is -0.111. The van der Waals surface area contributed by atoms with Gasteiger partial charge in [0.25, 0.3) is 0 Å². The molecule has 0 radical (unpaired) electrons. The number of aromatic nitrogens is 2. The first-order chi connectivity index (χ1) is 14.1. The predicted octanol–water partition coefficient (Wildman–Crippen LogP) is 4.44. The zero-order valence-electron chi connectivity index (χ0n) is 16.7. The van der Waals surface area contributed by atoms with E-state index in [9.17, 15) is 4.79 Å². The maximum absolute atomic E-state index is 12.9. The number of nitrogens with one attached hydrogen (secondary N) is 1. The quantitative estimate of drug-likeness (QED) is 0.692. The summed E-state index contributed by atoms with van der Waals surface area (Å²) in [5.41, 5.74) is 9.75. The van der Waals surface area contributed by atoms with E-state index in [2.05, 4.69) is 12.2 Å². The molecule has 0 aliphatic carbocycles. The van der Waals surface area contributed by atoms with Crippen LogP contribution in [0.5, 0.6) is 0 Å². The summed E-state index contributed by atoms with van der Waals surface area (Å²) < 4.78 is 1.76. The average Bonchev–Trinajstić information content (AvgIpc) is 3.05. The second-order valence-electron chi connectivity index (χ2n) is 7.72. The molecule has 1 saturated heterocycles. The van der Waals surface area contributed by atoms with E-state index in [0.717, 1.165) is 37.1 Å². The lowest BCUT2D eigenvalue weighted by molar-refractivity contribution is 0.186. The van der Waals surface area contributed by atoms with Crippen LogP contribution in [0.15, 0.2) is 60.7 Å². The molecule has 3 aromatic rings. The highest BCUT2D eigenvalue weighted by atomic mass is 16.2. The highest BCUT2D eigenvalue weighted by molar-refractivity contribution is 5.97. The first-order valence-corrected chi connectivity index (χ1v) is 10.1. The molecule has 0 spiro atoms. The summed E-state index contributed by atoms with van der Waals surface area (Å²) in [6.07, 6.45) is 2.06. The molecule has 1 aromatic heterocycles. The number of carbonyl (C=O) groups is 1. The third-order valence-corrected chi connectivity index (χ3v) is 5.52. The highest BCUT2D eigenvalue weighted by Crippen LogP contribution is 2.33. The Morgan fingerprint density at radius 2 is 1.69 bits per heavy atom. The summed E-state index contributed by atoms with van der Waals surface area (Å²) in [5.74, 6) is 1.13. The van der Waals surface area contributed by atoms with Gasteiger partial charge >= 0.3 is 6.03 Å². The summed E-state index contributed by atoms with van der Waals surface area (Å²) in [6, 6.07) is 19.8. The molecule has 29 heavy (non-hydrogen) atoms. The normalized spacial score (nSPS) is 14.7. The minimum absolute atomic E-state index is 0.111. The lowest BCUT2D eigenvalue weighted by atomic mass is 10.00. The Kier molecular flexibility index (Phi) is 5.51. The van der Waals surface area contributed by atoms with Crippen molar-refractivity contribution in [1.29, 1.82) is 0 Å². The van der Waals surface area contributed by atoms with E-state index >= 15 is 0 Å². The molecule has 6 nitrogen and oxygen atoms in total. The zero-order chi connectivity index (χ0) is 20.2. The molecule has 0 unspecified atom stereocenters. The van der Waals surface area contributed by atoms with Crippen LogP contribution in [0.3, 0.4) is 0 Å². The molecule has 2 aromatic carbocycles. The molecule has 150 valence electrons. The number of nitrogen functional groups attached to an aromatic ring is 1. The summed E-state index contributed by atoms with van der Waals surface area (Å²) in [6.45, 7) is 4.31. The van der Waals surface area contributed by atoms with Crippen molar-refractivity contribution in [3.05, 3.63) is 66.2 Å². The SMILES string of the molecule is CC1CCN(C(=O)Nc2c(-c3ccccc3)nn(Cc3ccccc3)c2N)CC1. The lowest BCUT2D eigenvalue weighted by Gasteiger charge is -2.30. The Bertz CT molecular complexity index is 960. The molecule has 2 heterocycles. The number of piperidine rings is 1. The zero-order valence-corrected chi connectivity index (χ0v) is 16.7. The maximum Gasteiger partial charge on any atom is 0.322 e. The topological polar surface area (TPSA) is 76.2 Å². The van der Waals surface area contributed by atoms with Gasteiger partial charge in [0.15, 0.2) is 0 Å². The summed E-state index contributed by atoms with van der Waals surface area (Å²) in [7, 11) is 0. The fraction of sp³-hybridized carbons (Fsp3) is 0.304. The summed E-state index contributed by atoms with van der Waals surface area (Å²) in [4.78, 5) is 14.8. The fourth-order valence-corrected chi connectivity index (χ4v) is 3.67. The molecule has 3 N–H and O–H groups in total. The maximum atomic E-state index is 12.9. The van der Waals surface area contributed by atoms with Crippen molar-refractivity contribution in [3.63, 3.8) is 0 Å². The van der Waals surface area contributed by atoms with Crippen LogP contribution in [0.1, 0.15) is 25.3 Å². The lowest BCUT2D eigenvalue weighted by Crippen LogP contribution is -2.40. The Balaban J connectivity index is 1.64.